The van der Waals surface area contributed by atoms with Crippen LogP contribution in [0.2, 0.25) is 0 Å². The van der Waals surface area contributed by atoms with Gasteiger partial charge in [0.1, 0.15) is 17.1 Å². The van der Waals surface area contributed by atoms with Crippen molar-refractivity contribution >= 4 is 11.6 Å². The van der Waals surface area contributed by atoms with Crippen LogP contribution in [0.15, 0.2) is 48.5 Å². The molecule has 2 aliphatic carbocycles. The van der Waals surface area contributed by atoms with Gasteiger partial charge in [0.05, 0.1) is 6.61 Å². The monoisotopic (exact) mass is 396 g/mol. The number of aromatic hydroxyl groups is 1. The maximum Gasteiger partial charge on any atom is 0.127 e. The maximum absolute atomic E-state index is 11.1. The van der Waals surface area contributed by atoms with Gasteiger partial charge in [-0.3, -0.25) is 0 Å². The van der Waals surface area contributed by atoms with Gasteiger partial charge in [-0.2, -0.15) is 0 Å². The summed E-state index contributed by atoms with van der Waals surface area (Å²) in [7, 11) is 0. The topological polar surface area (TPSA) is 49.7 Å². The van der Waals surface area contributed by atoms with E-state index in [-0.39, 0.29) is 5.92 Å². The number of benzene rings is 2. The molecule has 4 atom stereocenters. The van der Waals surface area contributed by atoms with Crippen LogP contribution in [0.3, 0.4) is 0 Å². The fourth-order valence-electron chi connectivity index (χ4n) is 5.17. The summed E-state index contributed by atoms with van der Waals surface area (Å²) < 4.78 is 5.94. The van der Waals surface area contributed by atoms with Gasteiger partial charge in [0, 0.05) is 5.38 Å². The van der Waals surface area contributed by atoms with Gasteiger partial charge in [-0.25, -0.2) is 0 Å². The first-order valence-electron chi connectivity index (χ1n) is 9.93. The first kappa shape index (κ1) is 19.2. The second kappa shape index (κ2) is 8.07. The van der Waals surface area contributed by atoms with Crippen LogP contribution in [0.5, 0.6) is 11.5 Å². The Morgan fingerprint density at radius 1 is 1.14 bits per heavy atom. The van der Waals surface area contributed by atoms with E-state index in [1.807, 2.05) is 36.4 Å². The summed E-state index contributed by atoms with van der Waals surface area (Å²) in [5.41, 5.74) is 1.50. The Morgan fingerprint density at radius 3 is 2.75 bits per heavy atom. The molecule has 0 radical (unpaired) electrons. The summed E-state index contributed by atoms with van der Waals surface area (Å²) in [5, 5.41) is 23.3. The van der Waals surface area contributed by atoms with Crippen molar-refractivity contribution in [2.75, 3.05) is 6.61 Å². The van der Waals surface area contributed by atoms with Crippen molar-refractivity contribution in [2.45, 2.75) is 43.6 Å². The smallest absolute Gasteiger partial charge is 0.127 e. The molecule has 0 aromatic heterocycles. The van der Waals surface area contributed by atoms with E-state index in [1.165, 1.54) is 11.1 Å². The SMILES string of the molecule is Oc1ccc2c(c1)CC[C@H]1C[C@](O)(C#CCl)CC(CCOc3ccccc3)[C@H]21. The lowest BCUT2D eigenvalue weighted by molar-refractivity contribution is -0.0108. The highest BCUT2D eigenvalue weighted by molar-refractivity contribution is 6.30. The molecule has 0 heterocycles. The van der Waals surface area contributed by atoms with E-state index in [9.17, 15) is 10.2 Å². The number of aryl methyl sites for hydroxylation is 1. The number of phenols is 1. The zero-order chi connectivity index (χ0) is 19.6. The van der Waals surface area contributed by atoms with Gasteiger partial charge in [-0.05, 0) is 96.9 Å². The highest BCUT2D eigenvalue weighted by Crippen LogP contribution is 2.52. The molecule has 3 nitrogen and oxygen atoms in total. The van der Waals surface area contributed by atoms with Crippen LogP contribution in [0.25, 0.3) is 0 Å². The molecule has 4 heteroatoms. The van der Waals surface area contributed by atoms with Crippen molar-refractivity contribution in [3.05, 3.63) is 59.7 Å². The summed E-state index contributed by atoms with van der Waals surface area (Å²) in [4.78, 5) is 0. The van der Waals surface area contributed by atoms with E-state index in [1.54, 1.807) is 6.07 Å². The third-order valence-electron chi connectivity index (χ3n) is 6.27. The van der Waals surface area contributed by atoms with E-state index in [4.69, 9.17) is 16.3 Å². The second-order valence-corrected chi connectivity index (χ2v) is 8.27. The van der Waals surface area contributed by atoms with E-state index < -0.39 is 5.60 Å². The lowest BCUT2D eigenvalue weighted by atomic mass is 9.59. The number of rotatable bonds is 4. The largest absolute Gasteiger partial charge is 0.508 e. The summed E-state index contributed by atoms with van der Waals surface area (Å²) in [5.74, 6) is 4.99. The van der Waals surface area contributed by atoms with Crippen LogP contribution in [0, 0.1) is 23.1 Å². The highest BCUT2D eigenvalue weighted by Gasteiger charge is 2.46. The first-order chi connectivity index (χ1) is 13.6. The summed E-state index contributed by atoms with van der Waals surface area (Å²) in [6, 6.07) is 15.5. The van der Waals surface area contributed by atoms with Crippen molar-refractivity contribution in [2.24, 2.45) is 11.8 Å². The molecule has 1 saturated carbocycles. The van der Waals surface area contributed by atoms with Gasteiger partial charge in [0.25, 0.3) is 0 Å². The first-order valence-corrected chi connectivity index (χ1v) is 10.3. The number of hydrogen-bond donors (Lipinski definition) is 2. The lowest BCUT2D eigenvalue weighted by Gasteiger charge is -2.47. The number of phenolic OH excluding ortho intramolecular Hbond substituents is 1. The minimum atomic E-state index is -1.03. The van der Waals surface area contributed by atoms with E-state index in [0.29, 0.717) is 37.0 Å². The number of para-hydroxylation sites is 1. The van der Waals surface area contributed by atoms with Gasteiger partial charge in [-0.15, -0.1) is 0 Å². The molecule has 146 valence electrons. The van der Waals surface area contributed by atoms with Gasteiger partial charge in [0.2, 0.25) is 0 Å². The number of fused-ring (bicyclic) bond motifs is 3. The molecule has 0 aliphatic heterocycles. The standard InChI is InChI=1S/C24H25ClO3/c25-12-11-24(27)15-18-7-6-17-14-20(26)8-9-22(17)23(18)19(16-24)10-13-28-21-4-2-1-3-5-21/h1-5,8-9,14,18-19,23,26-27H,6-7,10,13,15-16H2/t18-,19?,23+,24+/m0/s1. The molecule has 2 aromatic rings. The average molecular weight is 397 g/mol. The van der Waals surface area contributed by atoms with Crippen LogP contribution in [-0.4, -0.2) is 22.4 Å². The van der Waals surface area contributed by atoms with Crippen molar-refractivity contribution in [3.63, 3.8) is 0 Å². The van der Waals surface area contributed by atoms with Crippen molar-refractivity contribution < 1.29 is 14.9 Å². The molecular formula is C24H25ClO3. The predicted octanol–water partition coefficient (Wildman–Crippen LogP) is 4.85. The molecule has 0 spiro atoms. The Morgan fingerprint density at radius 2 is 1.96 bits per heavy atom. The third-order valence-corrected chi connectivity index (χ3v) is 6.36. The molecule has 1 unspecified atom stereocenters. The molecule has 1 fully saturated rings. The zero-order valence-corrected chi connectivity index (χ0v) is 16.5. The van der Waals surface area contributed by atoms with Gasteiger partial charge >= 0.3 is 0 Å². The molecule has 2 aromatic carbocycles. The quantitative estimate of drug-likeness (QED) is 0.726. The molecule has 0 saturated heterocycles. The maximum atomic E-state index is 11.1. The Labute approximate surface area is 171 Å². The number of ether oxygens (including phenoxy) is 1. The minimum absolute atomic E-state index is 0.244. The predicted molar refractivity (Wildman–Crippen MR) is 111 cm³/mol. The van der Waals surface area contributed by atoms with E-state index in [2.05, 4.69) is 17.4 Å². The Kier molecular flexibility index (Phi) is 5.53. The number of hydrogen-bond acceptors (Lipinski definition) is 3. The molecule has 0 amide bonds. The molecule has 4 rings (SSSR count). The summed E-state index contributed by atoms with van der Waals surface area (Å²) in [6.45, 7) is 0.593. The number of aliphatic hydroxyl groups is 1. The summed E-state index contributed by atoms with van der Waals surface area (Å²) >= 11 is 5.66. The van der Waals surface area contributed by atoms with E-state index >= 15 is 0 Å². The molecular weight excluding hydrogens is 372 g/mol. The Hall–Kier alpha value is -2.15. The Bertz CT molecular complexity index is 886. The Balaban J connectivity index is 1.57. The van der Waals surface area contributed by atoms with Crippen LogP contribution in [0.4, 0.5) is 0 Å². The summed E-state index contributed by atoms with van der Waals surface area (Å²) in [6.07, 6.45) is 3.98. The third kappa shape index (κ3) is 3.99. The van der Waals surface area contributed by atoms with Crippen molar-refractivity contribution in [3.8, 4) is 22.8 Å². The van der Waals surface area contributed by atoms with Crippen LogP contribution >= 0.6 is 11.6 Å². The lowest BCUT2D eigenvalue weighted by Crippen LogP contribution is -2.44. The average Bonchev–Trinajstić information content (AvgIpc) is 2.68. The van der Waals surface area contributed by atoms with Crippen molar-refractivity contribution in [1.82, 2.24) is 0 Å². The molecule has 28 heavy (non-hydrogen) atoms. The zero-order valence-electron chi connectivity index (χ0n) is 15.8. The fourth-order valence-corrected chi connectivity index (χ4v) is 5.35. The molecule has 2 aliphatic rings. The molecule has 0 bridgehead atoms. The van der Waals surface area contributed by atoms with Crippen molar-refractivity contribution in [1.29, 1.82) is 0 Å². The normalized spacial score (nSPS) is 28.4. The molecule has 2 N–H and O–H groups in total. The van der Waals surface area contributed by atoms with Gasteiger partial charge < -0.3 is 14.9 Å². The highest BCUT2D eigenvalue weighted by atomic mass is 35.5. The van der Waals surface area contributed by atoms with Crippen LogP contribution in [-0.2, 0) is 6.42 Å². The van der Waals surface area contributed by atoms with Crippen LogP contribution in [0.1, 0.15) is 42.7 Å². The fraction of sp³-hybridized carbons (Fsp3) is 0.417. The van der Waals surface area contributed by atoms with Crippen LogP contribution < -0.4 is 4.74 Å². The number of halogens is 1. The second-order valence-electron chi connectivity index (χ2n) is 8.08. The van der Waals surface area contributed by atoms with Gasteiger partial charge in [-0.1, -0.05) is 30.2 Å². The minimum Gasteiger partial charge on any atom is -0.508 e. The van der Waals surface area contributed by atoms with Gasteiger partial charge in [0.15, 0.2) is 0 Å². The van der Waals surface area contributed by atoms with E-state index in [0.717, 1.165) is 25.0 Å².